The predicted octanol–water partition coefficient (Wildman–Crippen LogP) is 0.451. The van der Waals surface area contributed by atoms with Gasteiger partial charge in [0.2, 0.25) is 0 Å². The van der Waals surface area contributed by atoms with Gasteiger partial charge in [0.15, 0.2) is 13.6 Å². The zero-order valence-corrected chi connectivity index (χ0v) is 8.99. The Kier molecular flexibility index (Phi) is 8.70. The smallest absolute Gasteiger partial charge is 0.319 e. The molecule has 0 aromatic rings. The van der Waals surface area contributed by atoms with Crippen LogP contribution in [0.3, 0.4) is 0 Å². The molecule has 0 fully saturated rings. The molecule has 0 aliphatic carbocycles. The van der Waals surface area contributed by atoms with E-state index in [2.05, 4.69) is 9.47 Å². The van der Waals surface area contributed by atoms with Gasteiger partial charge in [-0.15, -0.1) is 0 Å². The molecule has 0 N–H and O–H groups in total. The number of carbonyl (C=O) groups is 2. The molecule has 0 saturated heterocycles. The van der Waals surface area contributed by atoms with Crippen molar-refractivity contribution >= 4 is 11.9 Å². The van der Waals surface area contributed by atoms with Crippen LogP contribution in [0.2, 0.25) is 0 Å². The number of hydrogen-bond acceptors (Lipinski definition) is 6. The Morgan fingerprint density at radius 3 is 1.60 bits per heavy atom. The molecule has 0 atom stereocenters. The topological polar surface area (TPSA) is 71.1 Å². The number of esters is 2. The van der Waals surface area contributed by atoms with Crippen molar-refractivity contribution in [3.63, 3.8) is 0 Å². The van der Waals surface area contributed by atoms with Gasteiger partial charge in [0, 0.05) is 13.2 Å². The van der Waals surface area contributed by atoms with Gasteiger partial charge in [-0.25, -0.2) is 0 Å². The Morgan fingerprint density at radius 1 is 0.867 bits per heavy atom. The van der Waals surface area contributed by atoms with E-state index in [1.807, 2.05) is 0 Å². The fraction of sp³-hybridized carbons (Fsp3) is 0.778. The van der Waals surface area contributed by atoms with Gasteiger partial charge in [-0.2, -0.15) is 0 Å². The maximum Gasteiger partial charge on any atom is 0.319 e. The van der Waals surface area contributed by atoms with Crippen LogP contribution < -0.4 is 0 Å². The summed E-state index contributed by atoms with van der Waals surface area (Å²) in [6.45, 7) is 4.14. The maximum absolute atomic E-state index is 10.9. The van der Waals surface area contributed by atoms with Crippen molar-refractivity contribution in [2.24, 2.45) is 0 Å². The normalized spacial score (nSPS) is 9.73. The second-order valence-electron chi connectivity index (χ2n) is 2.43. The van der Waals surface area contributed by atoms with E-state index >= 15 is 0 Å². The van der Waals surface area contributed by atoms with E-state index in [9.17, 15) is 9.59 Å². The molecular weight excluding hydrogens is 204 g/mol. The molecule has 0 aliphatic heterocycles. The molecule has 0 radical (unpaired) electrons. The highest BCUT2D eigenvalue weighted by molar-refractivity contribution is 5.91. The van der Waals surface area contributed by atoms with Gasteiger partial charge >= 0.3 is 11.9 Å². The summed E-state index contributed by atoms with van der Waals surface area (Å²) in [5, 5.41) is 0. The first-order valence-electron chi connectivity index (χ1n) is 4.67. The molecule has 0 aromatic heterocycles. The molecule has 0 unspecified atom stereocenters. The second kappa shape index (κ2) is 9.42. The molecule has 0 rings (SSSR count). The summed E-state index contributed by atoms with van der Waals surface area (Å²) in [6, 6.07) is 0. The van der Waals surface area contributed by atoms with Gasteiger partial charge in [-0.3, -0.25) is 9.59 Å². The van der Waals surface area contributed by atoms with Crippen molar-refractivity contribution in [2.45, 2.75) is 20.3 Å². The first-order valence-corrected chi connectivity index (χ1v) is 4.67. The van der Waals surface area contributed by atoms with E-state index in [4.69, 9.17) is 9.47 Å². The standard InChI is InChI=1S/C9H16O6/c1-3-12-6-14-8(10)5-9(11)15-7-13-4-2/h3-7H2,1-2H3. The number of carbonyl (C=O) groups excluding carboxylic acids is 2. The minimum absolute atomic E-state index is 0.145. The highest BCUT2D eigenvalue weighted by atomic mass is 16.7. The van der Waals surface area contributed by atoms with Crippen molar-refractivity contribution in [3.05, 3.63) is 0 Å². The average molecular weight is 220 g/mol. The maximum atomic E-state index is 10.9. The SMILES string of the molecule is CCOCOC(=O)CC(=O)OCOCC. The largest absolute Gasteiger partial charge is 0.438 e. The lowest BCUT2D eigenvalue weighted by molar-refractivity contribution is -0.167. The molecule has 15 heavy (non-hydrogen) atoms. The Hall–Kier alpha value is -1.14. The molecule has 0 amide bonds. The van der Waals surface area contributed by atoms with E-state index in [-0.39, 0.29) is 13.6 Å². The summed E-state index contributed by atoms with van der Waals surface area (Å²) in [4.78, 5) is 21.8. The Labute approximate surface area is 88.4 Å². The minimum Gasteiger partial charge on any atom is -0.438 e. The summed E-state index contributed by atoms with van der Waals surface area (Å²) in [7, 11) is 0. The zero-order chi connectivity index (χ0) is 11.5. The lowest BCUT2D eigenvalue weighted by Crippen LogP contribution is -2.16. The molecule has 0 spiro atoms. The third-order valence-corrected chi connectivity index (χ3v) is 1.30. The predicted molar refractivity (Wildman–Crippen MR) is 49.8 cm³/mol. The van der Waals surface area contributed by atoms with Crippen molar-refractivity contribution in [1.82, 2.24) is 0 Å². The third kappa shape index (κ3) is 9.17. The first kappa shape index (κ1) is 13.9. The summed E-state index contributed by atoms with van der Waals surface area (Å²) in [5.41, 5.74) is 0. The fourth-order valence-corrected chi connectivity index (χ4v) is 0.601. The molecule has 0 aliphatic rings. The number of ether oxygens (including phenoxy) is 4. The van der Waals surface area contributed by atoms with Crippen LogP contribution in [-0.4, -0.2) is 38.7 Å². The molecule has 0 heterocycles. The van der Waals surface area contributed by atoms with Gasteiger partial charge in [-0.1, -0.05) is 0 Å². The van der Waals surface area contributed by atoms with Crippen LogP contribution in [-0.2, 0) is 28.5 Å². The van der Waals surface area contributed by atoms with E-state index in [1.54, 1.807) is 13.8 Å². The highest BCUT2D eigenvalue weighted by Gasteiger charge is 2.11. The van der Waals surface area contributed by atoms with Gasteiger partial charge in [-0.05, 0) is 13.8 Å². The van der Waals surface area contributed by atoms with E-state index in [0.717, 1.165) is 0 Å². The van der Waals surface area contributed by atoms with E-state index in [1.165, 1.54) is 0 Å². The van der Waals surface area contributed by atoms with Crippen molar-refractivity contribution in [1.29, 1.82) is 0 Å². The lowest BCUT2D eigenvalue weighted by Gasteiger charge is -2.05. The van der Waals surface area contributed by atoms with E-state index < -0.39 is 18.4 Å². The fourth-order valence-electron chi connectivity index (χ4n) is 0.601. The van der Waals surface area contributed by atoms with Crippen LogP contribution in [0, 0.1) is 0 Å². The quantitative estimate of drug-likeness (QED) is 0.256. The molecular formula is C9H16O6. The van der Waals surface area contributed by atoms with Crippen molar-refractivity contribution in [2.75, 3.05) is 26.8 Å². The van der Waals surface area contributed by atoms with Crippen LogP contribution >= 0.6 is 0 Å². The van der Waals surface area contributed by atoms with Crippen LogP contribution in [0.4, 0.5) is 0 Å². The summed E-state index contributed by atoms with van der Waals surface area (Å²) in [5.74, 6) is -1.35. The van der Waals surface area contributed by atoms with Crippen LogP contribution in [0.5, 0.6) is 0 Å². The monoisotopic (exact) mass is 220 g/mol. The van der Waals surface area contributed by atoms with Crippen LogP contribution in [0.15, 0.2) is 0 Å². The van der Waals surface area contributed by atoms with Gasteiger partial charge in [0.25, 0.3) is 0 Å². The summed E-state index contributed by atoms with van der Waals surface area (Å²) >= 11 is 0. The molecule has 88 valence electrons. The molecule has 0 aromatic carbocycles. The Balaban J connectivity index is 3.45. The van der Waals surface area contributed by atoms with Crippen molar-refractivity contribution in [3.8, 4) is 0 Å². The van der Waals surface area contributed by atoms with Crippen LogP contribution in [0.25, 0.3) is 0 Å². The van der Waals surface area contributed by atoms with Gasteiger partial charge < -0.3 is 18.9 Å². The highest BCUT2D eigenvalue weighted by Crippen LogP contribution is 1.92. The molecule has 6 nitrogen and oxygen atoms in total. The molecule has 6 heteroatoms. The average Bonchev–Trinajstić information content (AvgIpc) is 2.18. The summed E-state index contributed by atoms with van der Waals surface area (Å²) < 4.78 is 18.6. The second-order valence-corrected chi connectivity index (χ2v) is 2.43. The Morgan fingerprint density at radius 2 is 1.27 bits per heavy atom. The summed E-state index contributed by atoms with van der Waals surface area (Å²) in [6.07, 6.45) is -0.430. The number of hydrogen-bond donors (Lipinski definition) is 0. The zero-order valence-electron chi connectivity index (χ0n) is 8.99. The van der Waals surface area contributed by atoms with E-state index in [0.29, 0.717) is 13.2 Å². The number of rotatable bonds is 8. The molecule has 0 bridgehead atoms. The van der Waals surface area contributed by atoms with Gasteiger partial charge in [0.1, 0.15) is 6.42 Å². The minimum atomic E-state index is -0.676. The third-order valence-electron chi connectivity index (χ3n) is 1.30. The lowest BCUT2D eigenvalue weighted by atomic mass is 10.4. The van der Waals surface area contributed by atoms with Gasteiger partial charge in [0.05, 0.1) is 0 Å². The van der Waals surface area contributed by atoms with Crippen molar-refractivity contribution < 1.29 is 28.5 Å². The van der Waals surface area contributed by atoms with Crippen LogP contribution in [0.1, 0.15) is 20.3 Å². The Bertz CT molecular complexity index is 171. The molecule has 0 saturated carbocycles. The first-order chi connectivity index (χ1) is 7.20.